The van der Waals surface area contributed by atoms with E-state index >= 15 is 0 Å². The number of rotatable bonds is 3. The molecule has 1 aliphatic heterocycles. The molecule has 1 aliphatic rings. The predicted molar refractivity (Wildman–Crippen MR) is 84.3 cm³/mol. The molecule has 1 aromatic carbocycles. The maximum absolute atomic E-state index is 13.2. The first kappa shape index (κ1) is 13.5. The predicted octanol–water partition coefficient (Wildman–Crippen LogP) is 3.86. The van der Waals surface area contributed by atoms with Gasteiger partial charge in [-0.3, -0.25) is 4.98 Å². The van der Waals surface area contributed by atoms with Gasteiger partial charge in [-0.2, -0.15) is 0 Å². The Morgan fingerprint density at radius 3 is 2.64 bits per heavy atom. The van der Waals surface area contributed by atoms with Crippen LogP contribution in [-0.2, 0) is 11.3 Å². The van der Waals surface area contributed by atoms with Crippen molar-refractivity contribution in [3.8, 4) is 11.3 Å². The van der Waals surface area contributed by atoms with Crippen molar-refractivity contribution in [3.63, 3.8) is 0 Å². The summed E-state index contributed by atoms with van der Waals surface area (Å²) in [5.41, 5.74) is 5.44. The number of epoxide rings is 1. The van der Waals surface area contributed by atoms with Crippen LogP contribution in [-0.4, -0.2) is 22.3 Å². The third-order valence-electron chi connectivity index (χ3n) is 4.45. The highest BCUT2D eigenvalue weighted by atomic mass is 19.1. The van der Waals surface area contributed by atoms with Crippen molar-refractivity contribution < 1.29 is 9.13 Å². The lowest BCUT2D eigenvalue weighted by molar-refractivity contribution is 0.384. The minimum Gasteiger partial charge on any atom is -0.371 e. The number of hydrogen-bond acceptors (Lipinski definition) is 2. The second-order valence-corrected chi connectivity index (χ2v) is 5.84. The van der Waals surface area contributed by atoms with Crippen LogP contribution < -0.4 is 0 Å². The van der Waals surface area contributed by atoms with E-state index in [0.717, 1.165) is 29.9 Å². The fourth-order valence-electron chi connectivity index (χ4n) is 3.02. The van der Waals surface area contributed by atoms with E-state index in [9.17, 15) is 4.39 Å². The molecule has 0 N–H and O–H groups in total. The zero-order valence-corrected chi connectivity index (χ0v) is 12.6. The molecule has 0 amide bonds. The van der Waals surface area contributed by atoms with E-state index in [1.807, 2.05) is 6.20 Å². The monoisotopic (exact) mass is 296 g/mol. The van der Waals surface area contributed by atoms with Crippen LogP contribution in [0.3, 0.4) is 0 Å². The summed E-state index contributed by atoms with van der Waals surface area (Å²) in [7, 11) is 0. The summed E-state index contributed by atoms with van der Waals surface area (Å²) in [5.74, 6) is -0.231. The fraction of sp³-hybridized carbons (Fsp3) is 0.278. The van der Waals surface area contributed by atoms with E-state index in [-0.39, 0.29) is 5.82 Å². The molecule has 1 fully saturated rings. The topological polar surface area (TPSA) is 30.4 Å². The average Bonchev–Trinajstić information content (AvgIpc) is 3.32. The van der Waals surface area contributed by atoms with Gasteiger partial charge in [-0.05, 0) is 49.7 Å². The molecule has 1 unspecified atom stereocenters. The van der Waals surface area contributed by atoms with Gasteiger partial charge in [0.25, 0.3) is 0 Å². The smallest absolute Gasteiger partial charge is 0.123 e. The number of pyridine rings is 1. The van der Waals surface area contributed by atoms with E-state index in [2.05, 4.69) is 29.5 Å². The fourth-order valence-corrected chi connectivity index (χ4v) is 3.02. The minimum atomic E-state index is -0.231. The van der Waals surface area contributed by atoms with Gasteiger partial charge in [-0.15, -0.1) is 0 Å². The van der Waals surface area contributed by atoms with Crippen LogP contribution in [0.15, 0.2) is 36.5 Å². The molecule has 22 heavy (non-hydrogen) atoms. The highest BCUT2D eigenvalue weighted by Gasteiger charge is 2.26. The van der Waals surface area contributed by atoms with E-state index in [1.165, 1.54) is 28.8 Å². The van der Waals surface area contributed by atoms with Gasteiger partial charge in [-0.1, -0.05) is 0 Å². The van der Waals surface area contributed by atoms with Crippen molar-refractivity contribution in [1.29, 1.82) is 0 Å². The molecule has 3 heterocycles. The summed E-state index contributed by atoms with van der Waals surface area (Å²) in [5, 5.41) is 1.20. The number of halogens is 1. The lowest BCUT2D eigenvalue weighted by Crippen LogP contribution is -2.06. The zero-order chi connectivity index (χ0) is 15.3. The van der Waals surface area contributed by atoms with Crippen molar-refractivity contribution >= 4 is 10.9 Å². The summed E-state index contributed by atoms with van der Waals surface area (Å²) in [6.07, 6.45) is 2.13. The molecule has 3 nitrogen and oxygen atoms in total. The molecule has 0 saturated carbocycles. The Balaban J connectivity index is 1.97. The maximum Gasteiger partial charge on any atom is 0.123 e. The van der Waals surface area contributed by atoms with Gasteiger partial charge in [0.2, 0.25) is 0 Å². The van der Waals surface area contributed by atoms with Gasteiger partial charge in [0.1, 0.15) is 5.82 Å². The molecule has 112 valence electrons. The first-order valence-electron chi connectivity index (χ1n) is 7.47. The lowest BCUT2D eigenvalue weighted by Gasteiger charge is -2.10. The van der Waals surface area contributed by atoms with Gasteiger partial charge in [0, 0.05) is 22.8 Å². The molecular formula is C18H17FN2O. The quantitative estimate of drug-likeness (QED) is 0.687. The van der Waals surface area contributed by atoms with Crippen molar-refractivity contribution in [1.82, 2.24) is 9.55 Å². The number of ether oxygens (including phenoxy) is 1. The Kier molecular flexibility index (Phi) is 3.01. The summed E-state index contributed by atoms with van der Waals surface area (Å²) >= 11 is 0. The summed E-state index contributed by atoms with van der Waals surface area (Å²) < 4.78 is 20.9. The third kappa shape index (κ3) is 2.11. The standard InChI is InChI=1S/C18H17FN2O/c1-11-12(2)21(9-15-10-22-15)18-16(11)7-8-20-17(18)13-3-5-14(19)6-4-13/h3-8,15H,9-10H2,1-2H3. The molecule has 0 bridgehead atoms. The Morgan fingerprint density at radius 2 is 1.95 bits per heavy atom. The normalized spacial score (nSPS) is 17.1. The molecule has 1 saturated heterocycles. The summed E-state index contributed by atoms with van der Waals surface area (Å²) in [6.45, 7) is 5.93. The van der Waals surface area contributed by atoms with Gasteiger partial charge in [-0.25, -0.2) is 4.39 Å². The van der Waals surface area contributed by atoms with Gasteiger partial charge >= 0.3 is 0 Å². The maximum atomic E-state index is 13.2. The number of hydrogen-bond donors (Lipinski definition) is 0. The van der Waals surface area contributed by atoms with Crippen LogP contribution >= 0.6 is 0 Å². The van der Waals surface area contributed by atoms with Crippen LogP contribution in [0.4, 0.5) is 4.39 Å². The largest absolute Gasteiger partial charge is 0.371 e. The number of aryl methyl sites for hydroxylation is 1. The second-order valence-electron chi connectivity index (χ2n) is 5.84. The van der Waals surface area contributed by atoms with Crippen LogP contribution in [0.2, 0.25) is 0 Å². The van der Waals surface area contributed by atoms with E-state index in [0.29, 0.717) is 6.10 Å². The van der Waals surface area contributed by atoms with Gasteiger partial charge < -0.3 is 9.30 Å². The highest BCUT2D eigenvalue weighted by molar-refractivity contribution is 5.95. The number of benzene rings is 1. The Hall–Kier alpha value is -2.20. The second kappa shape index (κ2) is 4.92. The van der Waals surface area contributed by atoms with Crippen molar-refractivity contribution in [2.45, 2.75) is 26.5 Å². The third-order valence-corrected chi connectivity index (χ3v) is 4.45. The average molecular weight is 296 g/mol. The van der Waals surface area contributed by atoms with Gasteiger partial charge in [0.15, 0.2) is 0 Å². The van der Waals surface area contributed by atoms with Crippen LogP contribution in [0.1, 0.15) is 11.3 Å². The highest BCUT2D eigenvalue weighted by Crippen LogP contribution is 2.33. The van der Waals surface area contributed by atoms with E-state index in [4.69, 9.17) is 4.74 Å². The van der Waals surface area contributed by atoms with Crippen molar-refractivity contribution in [2.75, 3.05) is 6.61 Å². The molecule has 0 radical (unpaired) electrons. The van der Waals surface area contributed by atoms with Crippen LogP contribution in [0, 0.1) is 19.7 Å². The van der Waals surface area contributed by atoms with Crippen molar-refractivity contribution in [3.05, 3.63) is 53.6 Å². The lowest BCUT2D eigenvalue weighted by atomic mass is 10.1. The Morgan fingerprint density at radius 1 is 1.23 bits per heavy atom. The minimum absolute atomic E-state index is 0.231. The van der Waals surface area contributed by atoms with Crippen LogP contribution in [0.5, 0.6) is 0 Å². The molecular weight excluding hydrogens is 279 g/mol. The number of aromatic nitrogens is 2. The van der Waals surface area contributed by atoms with E-state index < -0.39 is 0 Å². The first-order valence-corrected chi connectivity index (χ1v) is 7.47. The molecule has 3 aromatic rings. The van der Waals surface area contributed by atoms with Crippen LogP contribution in [0.25, 0.3) is 22.2 Å². The van der Waals surface area contributed by atoms with Crippen molar-refractivity contribution in [2.24, 2.45) is 0 Å². The molecule has 4 heteroatoms. The number of fused-ring (bicyclic) bond motifs is 1. The van der Waals surface area contributed by atoms with E-state index in [1.54, 1.807) is 12.1 Å². The molecule has 2 aromatic heterocycles. The SMILES string of the molecule is Cc1c(C)n(CC2CO2)c2c(-c3ccc(F)cc3)nccc12. The summed E-state index contributed by atoms with van der Waals surface area (Å²) in [6, 6.07) is 8.58. The van der Waals surface area contributed by atoms with Gasteiger partial charge in [0.05, 0.1) is 30.5 Å². The number of nitrogens with zero attached hydrogens (tertiary/aromatic N) is 2. The Bertz CT molecular complexity index is 848. The molecule has 4 rings (SSSR count). The Labute approximate surface area is 128 Å². The molecule has 0 spiro atoms. The summed E-state index contributed by atoms with van der Waals surface area (Å²) in [4.78, 5) is 4.57. The molecule has 0 aliphatic carbocycles. The first-order chi connectivity index (χ1) is 10.6. The zero-order valence-electron chi connectivity index (χ0n) is 12.6. The molecule has 1 atom stereocenters.